The van der Waals surface area contributed by atoms with Crippen LogP contribution in [0.5, 0.6) is 0 Å². The fourth-order valence-electron chi connectivity index (χ4n) is 1.97. The highest BCUT2D eigenvalue weighted by Crippen LogP contribution is 2.25. The molecule has 0 aromatic heterocycles. The quantitative estimate of drug-likeness (QED) is 0.526. The van der Waals surface area contributed by atoms with E-state index < -0.39 is 0 Å². The van der Waals surface area contributed by atoms with Crippen LogP contribution in [0.15, 0.2) is 59.7 Å². The molecule has 2 rings (SSSR count). The summed E-state index contributed by atoms with van der Waals surface area (Å²) in [5, 5.41) is 5.54. The van der Waals surface area contributed by atoms with Crippen LogP contribution in [0.25, 0.3) is 6.08 Å². The molecule has 0 aliphatic heterocycles. The third-order valence-corrected chi connectivity index (χ3v) is 4.07. The van der Waals surface area contributed by atoms with Gasteiger partial charge >= 0.3 is 0 Å². The van der Waals surface area contributed by atoms with Crippen LogP contribution >= 0.6 is 23.2 Å². The summed E-state index contributed by atoms with van der Waals surface area (Å²) in [5.74, 6) is 0. The van der Waals surface area contributed by atoms with Gasteiger partial charge in [0.15, 0.2) is 0 Å². The van der Waals surface area contributed by atoms with Crippen molar-refractivity contribution >= 4 is 40.7 Å². The monoisotopic (exact) mass is 361 g/mol. The molecule has 0 fully saturated rings. The molecule has 0 unspecified atom stereocenters. The summed E-state index contributed by atoms with van der Waals surface area (Å²) in [6.07, 6.45) is 4.93. The lowest BCUT2D eigenvalue weighted by molar-refractivity contribution is 0.422. The summed E-state index contributed by atoms with van der Waals surface area (Å²) < 4.78 is 0. The van der Waals surface area contributed by atoms with Gasteiger partial charge in [0.05, 0.1) is 21.4 Å². The van der Waals surface area contributed by atoms with Gasteiger partial charge in [-0.05, 0) is 43.9 Å². The number of anilines is 1. The van der Waals surface area contributed by atoms with Gasteiger partial charge in [0.25, 0.3) is 0 Å². The van der Waals surface area contributed by atoms with E-state index in [0.29, 0.717) is 10.0 Å². The lowest BCUT2D eigenvalue weighted by Gasteiger charge is -2.10. The Labute approximate surface area is 153 Å². The van der Waals surface area contributed by atoms with E-state index in [1.54, 1.807) is 12.1 Å². The highest BCUT2D eigenvalue weighted by atomic mass is 35.5. The first-order chi connectivity index (χ1) is 11.5. The van der Waals surface area contributed by atoms with Gasteiger partial charge in [0.2, 0.25) is 0 Å². The van der Waals surface area contributed by atoms with Crippen molar-refractivity contribution in [3.05, 3.63) is 70.2 Å². The van der Waals surface area contributed by atoms with Gasteiger partial charge in [-0.25, -0.2) is 0 Å². The molecule has 0 radical (unpaired) electrons. The van der Waals surface area contributed by atoms with Crippen LogP contribution in [0.3, 0.4) is 0 Å². The Morgan fingerprint density at radius 2 is 1.83 bits per heavy atom. The minimum Gasteiger partial charge on any atom is -0.309 e. The Morgan fingerprint density at radius 3 is 2.50 bits per heavy atom. The van der Waals surface area contributed by atoms with Crippen LogP contribution in [0.2, 0.25) is 10.0 Å². The largest absolute Gasteiger partial charge is 0.309 e. The molecular formula is C19H21Cl2N3. The average Bonchev–Trinajstić information content (AvgIpc) is 2.58. The third-order valence-electron chi connectivity index (χ3n) is 3.33. The van der Waals surface area contributed by atoms with Crippen molar-refractivity contribution in [3.8, 4) is 0 Å². The fraction of sp³-hybridized carbons (Fsp3) is 0.211. The summed E-state index contributed by atoms with van der Waals surface area (Å²) in [5.41, 5.74) is 5.95. The molecule has 0 aliphatic rings. The van der Waals surface area contributed by atoms with Crippen molar-refractivity contribution in [2.24, 2.45) is 5.10 Å². The summed E-state index contributed by atoms with van der Waals surface area (Å²) in [7, 11) is 4.09. The van der Waals surface area contributed by atoms with Gasteiger partial charge in [-0.2, -0.15) is 5.10 Å². The number of allylic oxidation sites excluding steroid dienone is 1. The number of nitrogens with one attached hydrogen (secondary N) is 1. The molecule has 1 N–H and O–H groups in total. The smallest absolute Gasteiger partial charge is 0.0620 e. The second-order valence-corrected chi connectivity index (χ2v) is 6.46. The zero-order valence-corrected chi connectivity index (χ0v) is 15.3. The fourth-order valence-corrected chi connectivity index (χ4v) is 2.27. The van der Waals surface area contributed by atoms with Crippen LogP contribution in [-0.2, 0) is 0 Å². The van der Waals surface area contributed by atoms with E-state index in [9.17, 15) is 0 Å². The number of rotatable bonds is 7. The van der Waals surface area contributed by atoms with Crippen molar-refractivity contribution in [2.45, 2.75) is 6.42 Å². The molecular weight excluding hydrogens is 341 g/mol. The highest BCUT2D eigenvalue weighted by molar-refractivity contribution is 6.42. The number of halogens is 2. The van der Waals surface area contributed by atoms with Crippen molar-refractivity contribution in [1.29, 1.82) is 0 Å². The molecule has 0 heterocycles. The number of nitrogens with zero attached hydrogens (tertiary/aromatic N) is 2. The Hall–Kier alpha value is -1.81. The zero-order valence-electron chi connectivity index (χ0n) is 13.8. The molecule has 2 aromatic rings. The zero-order chi connectivity index (χ0) is 17.4. The van der Waals surface area contributed by atoms with Crippen molar-refractivity contribution in [2.75, 3.05) is 26.1 Å². The van der Waals surface area contributed by atoms with Crippen molar-refractivity contribution in [1.82, 2.24) is 4.90 Å². The van der Waals surface area contributed by atoms with Crippen LogP contribution in [-0.4, -0.2) is 31.3 Å². The average molecular weight is 362 g/mol. The topological polar surface area (TPSA) is 27.6 Å². The molecule has 0 amide bonds. The van der Waals surface area contributed by atoms with Crippen LogP contribution in [0.1, 0.15) is 12.0 Å². The maximum Gasteiger partial charge on any atom is 0.0620 e. The standard InChI is InChI=1S/C19H21Cl2N3/c1-24(2)13-12-16(9-8-15-6-4-3-5-7-15)22-23-17-10-11-18(20)19(21)14-17/h3-11,14,23H,12-13H2,1-2H3/b9-8-,22-16+. The lowest BCUT2D eigenvalue weighted by atomic mass is 10.1. The molecule has 24 heavy (non-hydrogen) atoms. The SMILES string of the molecule is CN(C)CCC(/C=C\c1ccccc1)=N/Nc1ccc(Cl)c(Cl)c1. The van der Waals surface area contributed by atoms with Crippen LogP contribution in [0.4, 0.5) is 5.69 Å². The summed E-state index contributed by atoms with van der Waals surface area (Å²) in [6.45, 7) is 0.918. The van der Waals surface area contributed by atoms with E-state index in [1.807, 2.05) is 44.4 Å². The Balaban J connectivity index is 2.11. The second-order valence-electron chi connectivity index (χ2n) is 5.64. The van der Waals surface area contributed by atoms with E-state index in [1.165, 1.54) is 0 Å². The van der Waals surface area contributed by atoms with Gasteiger partial charge in [-0.3, -0.25) is 5.43 Å². The maximum absolute atomic E-state index is 6.03. The summed E-state index contributed by atoms with van der Waals surface area (Å²) in [4.78, 5) is 2.13. The van der Waals surface area contributed by atoms with Crippen molar-refractivity contribution < 1.29 is 0 Å². The van der Waals surface area contributed by atoms with Crippen LogP contribution in [0, 0.1) is 0 Å². The summed E-state index contributed by atoms with van der Waals surface area (Å²) >= 11 is 12.0. The predicted molar refractivity (Wildman–Crippen MR) is 106 cm³/mol. The van der Waals surface area contributed by atoms with E-state index in [0.717, 1.165) is 29.9 Å². The molecule has 5 heteroatoms. The molecule has 126 valence electrons. The van der Waals surface area contributed by atoms with E-state index in [4.69, 9.17) is 23.2 Å². The molecule has 0 spiro atoms. The molecule has 0 saturated carbocycles. The molecule has 0 bridgehead atoms. The van der Waals surface area contributed by atoms with E-state index in [2.05, 4.69) is 33.6 Å². The highest BCUT2D eigenvalue weighted by Gasteiger charge is 2.01. The number of hydrogen-bond acceptors (Lipinski definition) is 3. The number of benzene rings is 2. The molecule has 0 saturated heterocycles. The first-order valence-electron chi connectivity index (χ1n) is 7.70. The summed E-state index contributed by atoms with van der Waals surface area (Å²) in [6, 6.07) is 15.5. The minimum absolute atomic E-state index is 0.506. The lowest BCUT2D eigenvalue weighted by Crippen LogP contribution is -2.16. The number of hydrogen-bond donors (Lipinski definition) is 1. The Bertz CT molecular complexity index is 710. The van der Waals surface area contributed by atoms with Gasteiger partial charge < -0.3 is 4.90 Å². The molecule has 0 atom stereocenters. The van der Waals surface area contributed by atoms with E-state index in [-0.39, 0.29) is 0 Å². The van der Waals surface area contributed by atoms with Gasteiger partial charge in [0.1, 0.15) is 0 Å². The van der Waals surface area contributed by atoms with Gasteiger partial charge in [0, 0.05) is 13.0 Å². The predicted octanol–water partition coefficient (Wildman–Crippen LogP) is 5.43. The van der Waals surface area contributed by atoms with Gasteiger partial charge in [-0.15, -0.1) is 0 Å². The van der Waals surface area contributed by atoms with E-state index >= 15 is 0 Å². The third kappa shape index (κ3) is 6.36. The minimum atomic E-state index is 0.506. The first kappa shape index (κ1) is 18.5. The maximum atomic E-state index is 6.03. The molecule has 3 nitrogen and oxygen atoms in total. The molecule has 0 aliphatic carbocycles. The van der Waals surface area contributed by atoms with Crippen LogP contribution < -0.4 is 5.43 Å². The van der Waals surface area contributed by atoms with Crippen molar-refractivity contribution in [3.63, 3.8) is 0 Å². The first-order valence-corrected chi connectivity index (χ1v) is 8.45. The normalized spacial score (nSPS) is 12.1. The van der Waals surface area contributed by atoms with Gasteiger partial charge in [-0.1, -0.05) is 59.6 Å². The Morgan fingerprint density at radius 1 is 1.08 bits per heavy atom. The second kappa shape index (κ2) is 9.48. The molecule has 2 aromatic carbocycles. The Kier molecular flexibility index (Phi) is 7.32. The number of hydrazone groups is 1.